The molecule has 2 aliphatic rings. The average Bonchev–Trinajstić information content (AvgIpc) is 3.06. The molecule has 2 aliphatic heterocycles. The molecule has 0 atom stereocenters. The van der Waals surface area contributed by atoms with Gasteiger partial charge >= 0.3 is 0 Å². The highest BCUT2D eigenvalue weighted by Gasteiger charge is 2.31. The Hall–Kier alpha value is -1.78. The van der Waals surface area contributed by atoms with Gasteiger partial charge in [0.2, 0.25) is 15.9 Å². The molecule has 142 valence electrons. The molecule has 0 radical (unpaired) electrons. The molecule has 2 saturated heterocycles. The normalized spacial score (nSPS) is 19.0. The van der Waals surface area contributed by atoms with Crippen LogP contribution in [0.1, 0.15) is 0 Å². The number of carbonyl (C=O) groups excluding carboxylic acids is 2. The molecule has 0 spiro atoms. The summed E-state index contributed by atoms with van der Waals surface area (Å²) in [6.07, 6.45) is 0. The SMILES string of the molecule is COc1ccc(S(=O)(=O)N2CCN(C(=O)CN3CCSC3=O)CC2)cc1. The minimum absolute atomic E-state index is 0.0665. The summed E-state index contributed by atoms with van der Waals surface area (Å²) in [5, 5.41) is -0.0703. The van der Waals surface area contributed by atoms with Gasteiger partial charge in [-0.2, -0.15) is 4.31 Å². The Balaban J connectivity index is 1.58. The number of methoxy groups -OCH3 is 1. The summed E-state index contributed by atoms with van der Waals surface area (Å²) in [5.41, 5.74) is 0. The van der Waals surface area contributed by atoms with E-state index in [1.165, 1.54) is 40.2 Å². The number of sulfonamides is 1. The zero-order valence-corrected chi connectivity index (χ0v) is 16.1. The number of piperazine rings is 1. The number of amides is 2. The first kappa shape index (κ1) is 19.0. The first-order valence-electron chi connectivity index (χ1n) is 8.25. The third kappa shape index (κ3) is 3.97. The van der Waals surface area contributed by atoms with Crippen molar-refractivity contribution in [2.45, 2.75) is 4.90 Å². The molecule has 0 aliphatic carbocycles. The van der Waals surface area contributed by atoms with Gasteiger partial charge in [-0.15, -0.1) is 0 Å². The molecule has 8 nitrogen and oxygen atoms in total. The average molecular weight is 399 g/mol. The molecule has 1 aromatic carbocycles. The van der Waals surface area contributed by atoms with Crippen LogP contribution in [-0.4, -0.2) is 85.8 Å². The van der Waals surface area contributed by atoms with Gasteiger partial charge in [0.15, 0.2) is 0 Å². The van der Waals surface area contributed by atoms with Gasteiger partial charge < -0.3 is 14.5 Å². The van der Waals surface area contributed by atoms with Crippen LogP contribution in [0.25, 0.3) is 0 Å². The molecule has 1 aromatic rings. The lowest BCUT2D eigenvalue weighted by molar-refractivity contribution is -0.132. The maximum Gasteiger partial charge on any atom is 0.282 e. The van der Waals surface area contributed by atoms with Crippen LogP contribution in [0.2, 0.25) is 0 Å². The molecular formula is C16H21N3O5S2. The molecule has 0 bridgehead atoms. The standard InChI is InChI=1S/C16H21N3O5S2/c1-24-13-2-4-14(5-3-13)26(22,23)19-8-6-17(7-9-19)15(20)12-18-10-11-25-16(18)21/h2-5H,6-12H2,1H3. The van der Waals surface area contributed by atoms with Crippen LogP contribution in [0.15, 0.2) is 29.2 Å². The highest BCUT2D eigenvalue weighted by atomic mass is 32.2. The number of rotatable bonds is 5. The van der Waals surface area contributed by atoms with Crippen LogP contribution in [0.5, 0.6) is 5.75 Å². The van der Waals surface area contributed by atoms with Crippen LogP contribution >= 0.6 is 11.8 Å². The van der Waals surface area contributed by atoms with Crippen molar-refractivity contribution in [3.8, 4) is 5.75 Å². The first-order valence-corrected chi connectivity index (χ1v) is 10.7. The highest BCUT2D eigenvalue weighted by Crippen LogP contribution is 2.21. The van der Waals surface area contributed by atoms with Gasteiger partial charge in [-0.25, -0.2) is 8.42 Å². The molecule has 2 amide bonds. The smallest absolute Gasteiger partial charge is 0.282 e. The minimum Gasteiger partial charge on any atom is -0.497 e. The van der Waals surface area contributed by atoms with Crippen LogP contribution in [-0.2, 0) is 14.8 Å². The van der Waals surface area contributed by atoms with Crippen molar-refractivity contribution in [1.29, 1.82) is 0 Å². The Bertz CT molecular complexity index is 774. The molecule has 2 fully saturated rings. The molecule has 2 heterocycles. The fourth-order valence-electron chi connectivity index (χ4n) is 2.91. The predicted molar refractivity (Wildman–Crippen MR) is 97.8 cm³/mol. The molecule has 0 N–H and O–H groups in total. The summed E-state index contributed by atoms with van der Waals surface area (Å²) in [7, 11) is -2.07. The number of ether oxygens (including phenoxy) is 1. The van der Waals surface area contributed by atoms with Crippen LogP contribution in [0, 0.1) is 0 Å². The van der Waals surface area contributed by atoms with Gasteiger partial charge in [0.1, 0.15) is 12.3 Å². The zero-order chi connectivity index (χ0) is 18.7. The molecule has 10 heteroatoms. The van der Waals surface area contributed by atoms with E-state index < -0.39 is 10.0 Å². The Morgan fingerprint density at radius 1 is 1.12 bits per heavy atom. The van der Waals surface area contributed by atoms with E-state index in [-0.39, 0.29) is 35.7 Å². The molecule has 0 saturated carbocycles. The van der Waals surface area contributed by atoms with Crippen molar-refractivity contribution in [3.63, 3.8) is 0 Å². The summed E-state index contributed by atoms with van der Waals surface area (Å²) in [5.74, 6) is 1.16. The number of hydrogen-bond donors (Lipinski definition) is 0. The molecule has 0 aromatic heterocycles. The van der Waals surface area contributed by atoms with E-state index in [9.17, 15) is 18.0 Å². The van der Waals surface area contributed by atoms with Gasteiger partial charge in [0, 0.05) is 38.5 Å². The third-order valence-corrected chi connectivity index (χ3v) is 7.26. The van der Waals surface area contributed by atoms with Gasteiger partial charge in [-0.05, 0) is 24.3 Å². The van der Waals surface area contributed by atoms with Crippen molar-refractivity contribution in [2.24, 2.45) is 0 Å². The highest BCUT2D eigenvalue weighted by molar-refractivity contribution is 8.13. The maximum atomic E-state index is 12.7. The van der Waals surface area contributed by atoms with E-state index in [0.29, 0.717) is 31.1 Å². The number of nitrogens with zero attached hydrogens (tertiary/aromatic N) is 3. The van der Waals surface area contributed by atoms with Crippen molar-refractivity contribution >= 4 is 32.9 Å². The Morgan fingerprint density at radius 2 is 1.77 bits per heavy atom. The van der Waals surface area contributed by atoms with E-state index in [4.69, 9.17) is 4.74 Å². The Labute approximate surface area is 157 Å². The van der Waals surface area contributed by atoms with Crippen LogP contribution in [0.4, 0.5) is 4.79 Å². The van der Waals surface area contributed by atoms with E-state index in [1.807, 2.05) is 0 Å². The predicted octanol–water partition coefficient (Wildman–Crippen LogP) is 0.697. The zero-order valence-electron chi connectivity index (χ0n) is 14.5. The van der Waals surface area contributed by atoms with Crippen molar-refractivity contribution in [1.82, 2.24) is 14.1 Å². The summed E-state index contributed by atoms with van der Waals surface area (Å²) in [6.45, 7) is 1.77. The number of benzene rings is 1. The monoisotopic (exact) mass is 399 g/mol. The van der Waals surface area contributed by atoms with Crippen LogP contribution in [0.3, 0.4) is 0 Å². The van der Waals surface area contributed by atoms with Crippen molar-refractivity contribution in [3.05, 3.63) is 24.3 Å². The Morgan fingerprint density at radius 3 is 2.31 bits per heavy atom. The third-order valence-electron chi connectivity index (χ3n) is 4.46. The van der Waals surface area contributed by atoms with Gasteiger partial charge in [0.05, 0.1) is 12.0 Å². The second kappa shape index (κ2) is 7.85. The number of carbonyl (C=O) groups is 2. The van der Waals surface area contributed by atoms with E-state index in [2.05, 4.69) is 0 Å². The number of thioether (sulfide) groups is 1. The van der Waals surface area contributed by atoms with E-state index >= 15 is 0 Å². The lowest BCUT2D eigenvalue weighted by atomic mass is 10.3. The lowest BCUT2D eigenvalue weighted by Gasteiger charge is -2.34. The van der Waals surface area contributed by atoms with Crippen molar-refractivity contribution in [2.75, 3.05) is 52.1 Å². The van der Waals surface area contributed by atoms with Crippen molar-refractivity contribution < 1.29 is 22.7 Å². The van der Waals surface area contributed by atoms with E-state index in [0.717, 1.165) is 0 Å². The second-order valence-corrected chi connectivity index (χ2v) is 8.98. The topological polar surface area (TPSA) is 87.2 Å². The molecule has 26 heavy (non-hydrogen) atoms. The summed E-state index contributed by atoms with van der Waals surface area (Å²) in [6, 6.07) is 6.25. The summed E-state index contributed by atoms with van der Waals surface area (Å²) in [4.78, 5) is 27.3. The largest absolute Gasteiger partial charge is 0.497 e. The number of hydrogen-bond acceptors (Lipinski definition) is 6. The fourth-order valence-corrected chi connectivity index (χ4v) is 5.15. The summed E-state index contributed by atoms with van der Waals surface area (Å²) < 4.78 is 31.9. The Kier molecular flexibility index (Phi) is 5.73. The van der Waals surface area contributed by atoms with E-state index in [1.54, 1.807) is 17.0 Å². The molecular weight excluding hydrogens is 378 g/mol. The molecule has 0 unspecified atom stereocenters. The maximum absolute atomic E-state index is 12.7. The fraction of sp³-hybridized carbons (Fsp3) is 0.500. The summed E-state index contributed by atoms with van der Waals surface area (Å²) >= 11 is 1.22. The minimum atomic E-state index is -3.60. The first-order chi connectivity index (χ1) is 12.4. The second-order valence-electron chi connectivity index (χ2n) is 6.00. The lowest BCUT2D eigenvalue weighted by Crippen LogP contribution is -2.52. The van der Waals surface area contributed by atoms with Gasteiger partial charge in [0.25, 0.3) is 5.24 Å². The van der Waals surface area contributed by atoms with Gasteiger partial charge in [-0.3, -0.25) is 9.59 Å². The van der Waals surface area contributed by atoms with Crippen LogP contribution < -0.4 is 4.74 Å². The van der Waals surface area contributed by atoms with Gasteiger partial charge in [-0.1, -0.05) is 11.8 Å². The molecule has 3 rings (SSSR count). The quantitative estimate of drug-likeness (QED) is 0.724.